The van der Waals surface area contributed by atoms with E-state index in [-0.39, 0.29) is 18.6 Å². The summed E-state index contributed by atoms with van der Waals surface area (Å²) in [5.41, 5.74) is 7.08. The quantitative estimate of drug-likeness (QED) is 0.876. The van der Waals surface area contributed by atoms with Crippen LogP contribution in [0.4, 0.5) is 0 Å². The third-order valence-corrected chi connectivity index (χ3v) is 3.11. The minimum atomic E-state index is -0.0277. The van der Waals surface area contributed by atoms with Crippen LogP contribution in [0.5, 0.6) is 5.75 Å². The zero-order valence-electron chi connectivity index (χ0n) is 12.2. The lowest BCUT2D eigenvalue weighted by Gasteiger charge is -2.14. The molecule has 2 rings (SSSR count). The van der Waals surface area contributed by atoms with E-state index in [9.17, 15) is 0 Å². The van der Waals surface area contributed by atoms with Gasteiger partial charge in [-0.15, -0.1) is 0 Å². The number of nitrogens with two attached hydrogens (primary N) is 1. The molecule has 0 saturated carbocycles. The molecule has 5 heteroatoms. The van der Waals surface area contributed by atoms with Crippen LogP contribution in [0.1, 0.15) is 56.4 Å². The lowest BCUT2D eigenvalue weighted by atomic mass is 10.0. The summed E-state index contributed by atoms with van der Waals surface area (Å²) in [6.45, 7) is 6.34. The monoisotopic (exact) mass is 275 g/mol. The molecule has 2 N–H and O–H groups in total. The summed E-state index contributed by atoms with van der Waals surface area (Å²) in [6, 6.07) is 7.75. The molecule has 2 aromatic rings. The Balaban J connectivity index is 2.06. The molecule has 0 aliphatic carbocycles. The average Bonchev–Trinajstić information content (AvgIpc) is 2.93. The van der Waals surface area contributed by atoms with Crippen molar-refractivity contribution in [2.45, 2.75) is 45.8 Å². The number of aromatic nitrogens is 2. The standard InChI is InChI=1S/C15H21N3O2/c1-4-12(16)11-7-5-6-8-13(11)19-9-14-17-15(10(2)3)18-20-14/h5-8,10,12H,4,9,16H2,1-3H3/t12-/m1/s1. The Labute approximate surface area is 119 Å². The molecule has 0 bridgehead atoms. The van der Waals surface area contributed by atoms with E-state index >= 15 is 0 Å². The van der Waals surface area contributed by atoms with Crippen LogP contribution in [0.2, 0.25) is 0 Å². The third-order valence-electron chi connectivity index (χ3n) is 3.11. The van der Waals surface area contributed by atoms with Gasteiger partial charge in [0.15, 0.2) is 12.4 Å². The van der Waals surface area contributed by atoms with Crippen molar-refractivity contribution in [1.29, 1.82) is 0 Å². The number of ether oxygens (including phenoxy) is 1. The molecule has 1 aromatic carbocycles. The zero-order valence-corrected chi connectivity index (χ0v) is 12.2. The van der Waals surface area contributed by atoms with Gasteiger partial charge in [-0.3, -0.25) is 0 Å². The first-order valence-electron chi connectivity index (χ1n) is 6.91. The van der Waals surface area contributed by atoms with Crippen molar-refractivity contribution in [3.63, 3.8) is 0 Å². The molecular weight excluding hydrogens is 254 g/mol. The van der Waals surface area contributed by atoms with Crippen molar-refractivity contribution in [2.24, 2.45) is 5.73 Å². The number of nitrogens with zero attached hydrogens (tertiary/aromatic N) is 2. The van der Waals surface area contributed by atoms with E-state index in [1.807, 2.05) is 45.0 Å². The van der Waals surface area contributed by atoms with Gasteiger partial charge in [-0.05, 0) is 12.5 Å². The highest BCUT2D eigenvalue weighted by Gasteiger charge is 2.13. The molecule has 1 aromatic heterocycles. The maximum absolute atomic E-state index is 6.08. The molecule has 0 amide bonds. The van der Waals surface area contributed by atoms with Crippen LogP contribution in [-0.2, 0) is 6.61 Å². The molecule has 0 spiro atoms. The summed E-state index contributed by atoms with van der Waals surface area (Å²) >= 11 is 0. The molecule has 0 radical (unpaired) electrons. The molecule has 1 atom stereocenters. The topological polar surface area (TPSA) is 74.2 Å². The number of hydrogen-bond donors (Lipinski definition) is 1. The molecule has 0 aliphatic heterocycles. The summed E-state index contributed by atoms with van der Waals surface area (Å²) < 4.78 is 10.9. The fraction of sp³-hybridized carbons (Fsp3) is 0.467. The number of benzene rings is 1. The summed E-state index contributed by atoms with van der Waals surface area (Å²) in [4.78, 5) is 4.29. The van der Waals surface area contributed by atoms with Crippen LogP contribution in [0.15, 0.2) is 28.8 Å². The van der Waals surface area contributed by atoms with Gasteiger partial charge in [0.05, 0.1) is 0 Å². The molecule has 5 nitrogen and oxygen atoms in total. The fourth-order valence-corrected chi connectivity index (χ4v) is 1.84. The molecule has 0 saturated heterocycles. The van der Waals surface area contributed by atoms with E-state index < -0.39 is 0 Å². The highest BCUT2D eigenvalue weighted by atomic mass is 16.5. The van der Waals surface area contributed by atoms with Crippen LogP contribution >= 0.6 is 0 Å². The van der Waals surface area contributed by atoms with Gasteiger partial charge in [0.1, 0.15) is 5.75 Å². The van der Waals surface area contributed by atoms with E-state index in [4.69, 9.17) is 15.0 Å². The van der Waals surface area contributed by atoms with Crippen LogP contribution in [0, 0.1) is 0 Å². The Morgan fingerprint density at radius 2 is 2.05 bits per heavy atom. The van der Waals surface area contributed by atoms with Crippen molar-refractivity contribution in [2.75, 3.05) is 0 Å². The van der Waals surface area contributed by atoms with Gasteiger partial charge in [-0.2, -0.15) is 4.98 Å². The SMILES string of the molecule is CC[C@@H](N)c1ccccc1OCc1nc(C(C)C)no1. The van der Waals surface area contributed by atoms with Gasteiger partial charge < -0.3 is 15.0 Å². The van der Waals surface area contributed by atoms with Crippen molar-refractivity contribution >= 4 is 0 Å². The van der Waals surface area contributed by atoms with Gasteiger partial charge >= 0.3 is 0 Å². The van der Waals surface area contributed by atoms with Crippen LogP contribution < -0.4 is 10.5 Å². The van der Waals surface area contributed by atoms with E-state index in [0.717, 1.165) is 17.7 Å². The predicted molar refractivity (Wildman–Crippen MR) is 76.4 cm³/mol. The second kappa shape index (κ2) is 6.52. The minimum absolute atomic E-state index is 0.0277. The Bertz CT molecular complexity index is 552. The summed E-state index contributed by atoms with van der Waals surface area (Å²) in [7, 11) is 0. The van der Waals surface area contributed by atoms with Gasteiger partial charge in [-0.25, -0.2) is 0 Å². The number of hydrogen-bond acceptors (Lipinski definition) is 5. The lowest BCUT2D eigenvalue weighted by Crippen LogP contribution is -2.10. The maximum Gasteiger partial charge on any atom is 0.264 e. The van der Waals surface area contributed by atoms with Gasteiger partial charge in [0.25, 0.3) is 5.89 Å². The molecule has 0 unspecified atom stereocenters. The van der Waals surface area contributed by atoms with Crippen LogP contribution in [0.25, 0.3) is 0 Å². The second-order valence-corrected chi connectivity index (χ2v) is 5.04. The summed E-state index contributed by atoms with van der Waals surface area (Å²) in [6.07, 6.45) is 0.860. The molecule has 1 heterocycles. The van der Waals surface area contributed by atoms with E-state index in [2.05, 4.69) is 10.1 Å². The molecular formula is C15H21N3O2. The van der Waals surface area contributed by atoms with Gasteiger partial charge in [-0.1, -0.05) is 44.1 Å². The van der Waals surface area contributed by atoms with Crippen LogP contribution in [-0.4, -0.2) is 10.1 Å². The molecule has 0 fully saturated rings. The zero-order chi connectivity index (χ0) is 14.5. The van der Waals surface area contributed by atoms with Crippen molar-refractivity contribution in [1.82, 2.24) is 10.1 Å². The van der Waals surface area contributed by atoms with Gasteiger partial charge in [0, 0.05) is 17.5 Å². The largest absolute Gasteiger partial charge is 0.483 e. The maximum atomic E-state index is 6.08. The Kier molecular flexibility index (Phi) is 4.74. The van der Waals surface area contributed by atoms with E-state index in [0.29, 0.717) is 11.7 Å². The van der Waals surface area contributed by atoms with Crippen molar-refractivity contribution in [3.8, 4) is 5.75 Å². The Morgan fingerprint density at radius 3 is 2.70 bits per heavy atom. The molecule has 108 valence electrons. The van der Waals surface area contributed by atoms with Crippen LogP contribution in [0.3, 0.4) is 0 Å². The normalized spacial score (nSPS) is 12.7. The van der Waals surface area contributed by atoms with Crippen molar-refractivity contribution in [3.05, 3.63) is 41.5 Å². The number of para-hydroxylation sites is 1. The molecule has 0 aliphatic rings. The highest BCUT2D eigenvalue weighted by molar-refractivity contribution is 5.35. The Morgan fingerprint density at radius 1 is 1.30 bits per heavy atom. The Hall–Kier alpha value is -1.88. The first-order valence-corrected chi connectivity index (χ1v) is 6.91. The average molecular weight is 275 g/mol. The predicted octanol–water partition coefficient (Wildman–Crippen LogP) is 3.18. The van der Waals surface area contributed by atoms with Crippen molar-refractivity contribution < 1.29 is 9.26 Å². The van der Waals surface area contributed by atoms with E-state index in [1.165, 1.54) is 0 Å². The highest BCUT2D eigenvalue weighted by Crippen LogP contribution is 2.26. The minimum Gasteiger partial charge on any atom is -0.483 e. The number of rotatable bonds is 6. The third kappa shape index (κ3) is 3.36. The molecule has 20 heavy (non-hydrogen) atoms. The fourth-order valence-electron chi connectivity index (χ4n) is 1.84. The smallest absolute Gasteiger partial charge is 0.264 e. The second-order valence-electron chi connectivity index (χ2n) is 5.04. The summed E-state index contributed by atoms with van der Waals surface area (Å²) in [5, 5.41) is 3.91. The lowest BCUT2D eigenvalue weighted by molar-refractivity contribution is 0.239. The van der Waals surface area contributed by atoms with E-state index in [1.54, 1.807) is 0 Å². The first kappa shape index (κ1) is 14.5. The first-order chi connectivity index (χ1) is 9.61. The summed E-state index contributed by atoms with van der Waals surface area (Å²) in [5.74, 6) is 2.19. The van der Waals surface area contributed by atoms with Gasteiger partial charge in [0.2, 0.25) is 0 Å².